The van der Waals surface area contributed by atoms with Gasteiger partial charge in [0, 0.05) is 80.5 Å². The summed E-state index contributed by atoms with van der Waals surface area (Å²) in [5.41, 5.74) is 9.49. The molecule has 2 bridgehead atoms. The molecule has 4 saturated heterocycles. The molecule has 2 aromatic heterocycles. The number of likely N-dealkylation sites (tertiary alicyclic amines) is 1. The number of carbonyl (C=O) groups is 3. The Morgan fingerprint density at radius 3 is 2.49 bits per heavy atom. The molecular formula is C38H40FN9O5. The second-order valence-corrected chi connectivity index (χ2v) is 14.1. The van der Waals surface area contributed by atoms with Crippen molar-refractivity contribution in [2.24, 2.45) is 0 Å². The molecule has 0 unspecified atom stereocenters. The molecule has 274 valence electrons. The number of aromatic hydroxyl groups is 1. The Bertz CT molecular complexity index is 2040. The maximum Gasteiger partial charge on any atom is 0.267 e. The van der Waals surface area contributed by atoms with Crippen LogP contribution in [0.2, 0.25) is 0 Å². The van der Waals surface area contributed by atoms with Crippen LogP contribution in [0.15, 0.2) is 60.8 Å². The highest BCUT2D eigenvalue weighted by Gasteiger charge is 2.42. The van der Waals surface area contributed by atoms with E-state index in [4.69, 9.17) is 20.4 Å². The third-order valence-electron chi connectivity index (χ3n) is 10.8. The topological polar surface area (TPSA) is 180 Å². The lowest BCUT2D eigenvalue weighted by Gasteiger charge is -2.42. The first-order valence-electron chi connectivity index (χ1n) is 18.0. The van der Waals surface area contributed by atoms with Crippen molar-refractivity contribution in [1.29, 1.82) is 0 Å². The summed E-state index contributed by atoms with van der Waals surface area (Å²) in [6.45, 7) is 2.51. The summed E-state index contributed by atoms with van der Waals surface area (Å²) < 4.78 is 20.6. The fraction of sp³-hybridized carbons (Fsp3) is 0.395. The molecule has 8 rings (SSSR count). The number of aromatic nitrogens is 4. The standard InChI is InChI=1S/C38H40FN9O5/c39-28-18-26(53-33-9-10-34(50)43-37(33)52)8-5-23(28)17-35(51)46-15-12-22(13-16-46)29-11-14-41-38(42-29)48-24-6-7-25(48)21-47(20-24)31-19-30(44-45-36(31)40)27-3-1-2-4-32(27)49/h1-5,8,11,14,18-19,22,24-25,33,49H,6-7,9-10,12-13,15-17,20-21H2,(H2,40,45)(H,43,50,52)/t24-,25+,33-/m0/s1. The number of anilines is 3. The summed E-state index contributed by atoms with van der Waals surface area (Å²) in [4.78, 5) is 52.7. The monoisotopic (exact) mass is 721 g/mol. The minimum Gasteiger partial charge on any atom is -0.507 e. The number of phenols is 1. The molecule has 4 aliphatic heterocycles. The van der Waals surface area contributed by atoms with E-state index >= 15 is 0 Å². The second kappa shape index (κ2) is 14.3. The van der Waals surface area contributed by atoms with E-state index in [1.807, 2.05) is 24.4 Å². The minimum atomic E-state index is -0.866. The van der Waals surface area contributed by atoms with Crippen LogP contribution in [0.1, 0.15) is 55.7 Å². The Kier molecular flexibility index (Phi) is 9.22. The number of nitrogens with zero attached hydrogens (tertiary/aromatic N) is 7. The van der Waals surface area contributed by atoms with Crippen LogP contribution >= 0.6 is 0 Å². The Balaban J connectivity index is 0.874. The molecule has 4 aliphatic rings. The Labute approximate surface area is 305 Å². The van der Waals surface area contributed by atoms with Gasteiger partial charge < -0.3 is 30.3 Å². The van der Waals surface area contributed by atoms with Crippen molar-refractivity contribution in [3.8, 4) is 22.8 Å². The molecule has 3 amide bonds. The lowest BCUT2D eigenvalue weighted by Crippen LogP contribution is -2.54. The summed E-state index contributed by atoms with van der Waals surface area (Å²) in [7, 11) is 0. The number of hydrogen-bond acceptors (Lipinski definition) is 12. The number of amides is 3. The Morgan fingerprint density at radius 2 is 1.75 bits per heavy atom. The van der Waals surface area contributed by atoms with Gasteiger partial charge in [-0.1, -0.05) is 18.2 Å². The molecule has 15 heteroatoms. The normalized spacial score (nSPS) is 21.8. The minimum absolute atomic E-state index is 0.0845. The van der Waals surface area contributed by atoms with Gasteiger partial charge in [-0.2, -0.15) is 0 Å². The lowest BCUT2D eigenvalue weighted by atomic mass is 9.93. The van der Waals surface area contributed by atoms with E-state index in [1.54, 1.807) is 29.2 Å². The fourth-order valence-electron chi connectivity index (χ4n) is 8.00. The highest BCUT2D eigenvalue weighted by Crippen LogP contribution is 2.39. The van der Waals surface area contributed by atoms with Crippen molar-refractivity contribution in [3.63, 3.8) is 0 Å². The van der Waals surface area contributed by atoms with E-state index in [9.17, 15) is 23.9 Å². The summed E-state index contributed by atoms with van der Waals surface area (Å²) in [6, 6.07) is 15.5. The van der Waals surface area contributed by atoms with Crippen LogP contribution in [0.4, 0.5) is 21.8 Å². The number of nitrogens with two attached hydrogens (primary N) is 1. The van der Waals surface area contributed by atoms with Crippen LogP contribution in [-0.4, -0.2) is 92.3 Å². The van der Waals surface area contributed by atoms with Gasteiger partial charge in [-0.15, -0.1) is 10.2 Å². The molecule has 2 aromatic carbocycles. The van der Waals surface area contributed by atoms with Crippen molar-refractivity contribution >= 4 is 35.2 Å². The van der Waals surface area contributed by atoms with E-state index in [0.717, 1.165) is 50.2 Å². The number of benzene rings is 2. The molecule has 0 spiro atoms. The molecule has 0 aliphatic carbocycles. The van der Waals surface area contributed by atoms with Gasteiger partial charge in [-0.3, -0.25) is 19.7 Å². The highest BCUT2D eigenvalue weighted by atomic mass is 19.1. The second-order valence-electron chi connectivity index (χ2n) is 14.1. The van der Waals surface area contributed by atoms with Gasteiger partial charge in [0.15, 0.2) is 11.9 Å². The predicted octanol–water partition coefficient (Wildman–Crippen LogP) is 3.35. The molecule has 0 saturated carbocycles. The van der Waals surface area contributed by atoms with Crippen LogP contribution in [0.3, 0.4) is 0 Å². The number of nitrogen functional groups attached to an aromatic ring is 1. The number of piperidine rings is 2. The first-order chi connectivity index (χ1) is 25.7. The number of para-hydroxylation sites is 1. The average molecular weight is 722 g/mol. The zero-order chi connectivity index (χ0) is 36.6. The Hall–Kier alpha value is -5.86. The van der Waals surface area contributed by atoms with E-state index in [1.165, 1.54) is 12.1 Å². The number of fused-ring (bicyclic) bond motifs is 2. The predicted molar refractivity (Wildman–Crippen MR) is 193 cm³/mol. The summed E-state index contributed by atoms with van der Waals surface area (Å²) in [5, 5.41) is 21.1. The third kappa shape index (κ3) is 7.02. The first-order valence-corrected chi connectivity index (χ1v) is 18.0. The third-order valence-corrected chi connectivity index (χ3v) is 10.8. The number of ether oxygens (including phenoxy) is 1. The number of imide groups is 1. The Morgan fingerprint density at radius 1 is 0.981 bits per heavy atom. The number of rotatable bonds is 8. The van der Waals surface area contributed by atoms with Gasteiger partial charge in [0.1, 0.15) is 17.3 Å². The van der Waals surface area contributed by atoms with Crippen molar-refractivity contribution < 1.29 is 28.6 Å². The number of nitrogens with one attached hydrogen (secondary N) is 1. The van der Waals surface area contributed by atoms with Crippen molar-refractivity contribution in [2.75, 3.05) is 41.7 Å². The molecule has 14 nitrogen and oxygen atoms in total. The summed E-state index contributed by atoms with van der Waals surface area (Å²) in [5.74, 6) is -0.110. The molecule has 4 N–H and O–H groups in total. The molecule has 4 aromatic rings. The maximum atomic E-state index is 15.0. The van der Waals surface area contributed by atoms with Gasteiger partial charge in [0.05, 0.1) is 17.8 Å². The average Bonchev–Trinajstić information content (AvgIpc) is 3.43. The number of carbonyl (C=O) groups excluding carboxylic acids is 3. The number of halogens is 1. The van der Waals surface area contributed by atoms with Crippen molar-refractivity contribution in [1.82, 2.24) is 30.4 Å². The molecule has 0 radical (unpaired) electrons. The quantitative estimate of drug-likeness (QED) is 0.226. The van der Waals surface area contributed by atoms with Gasteiger partial charge in [0.2, 0.25) is 17.8 Å². The maximum absolute atomic E-state index is 15.0. The van der Waals surface area contributed by atoms with Gasteiger partial charge in [-0.05, 0) is 61.6 Å². The van der Waals surface area contributed by atoms with Crippen LogP contribution < -0.4 is 25.6 Å². The van der Waals surface area contributed by atoms with E-state index < -0.39 is 17.8 Å². The zero-order valence-corrected chi connectivity index (χ0v) is 29.0. The SMILES string of the molecule is Nc1nnc(-c2ccccc2O)cc1N1C[C@H]2CC[C@@H](C1)N2c1nccc(C2CCN(C(=O)Cc3ccc(O[C@H]4CCC(=O)NC4=O)cc3F)CC2)n1. The molecule has 53 heavy (non-hydrogen) atoms. The van der Waals surface area contributed by atoms with Crippen LogP contribution in [0, 0.1) is 5.82 Å². The number of phenolic OH excluding ortho intramolecular Hbond substituents is 1. The van der Waals surface area contributed by atoms with Crippen LogP contribution in [-0.2, 0) is 20.8 Å². The molecular weight excluding hydrogens is 681 g/mol. The van der Waals surface area contributed by atoms with E-state index in [-0.39, 0.29) is 66.1 Å². The van der Waals surface area contributed by atoms with E-state index in [0.29, 0.717) is 36.1 Å². The van der Waals surface area contributed by atoms with E-state index in [2.05, 4.69) is 25.3 Å². The first kappa shape index (κ1) is 34.2. The zero-order valence-electron chi connectivity index (χ0n) is 29.0. The molecule has 3 atom stereocenters. The molecule has 6 heterocycles. The van der Waals surface area contributed by atoms with Crippen LogP contribution in [0.25, 0.3) is 11.3 Å². The van der Waals surface area contributed by atoms with Gasteiger partial charge >= 0.3 is 0 Å². The number of piperazine rings is 1. The van der Waals surface area contributed by atoms with Crippen molar-refractivity contribution in [3.05, 3.63) is 77.9 Å². The lowest BCUT2D eigenvalue weighted by molar-refractivity contribution is -0.139. The number of hydrogen-bond donors (Lipinski definition) is 3. The summed E-state index contributed by atoms with van der Waals surface area (Å²) >= 11 is 0. The summed E-state index contributed by atoms with van der Waals surface area (Å²) in [6.07, 6.45) is 4.71. The van der Waals surface area contributed by atoms with Crippen molar-refractivity contribution in [2.45, 2.75) is 69.1 Å². The molecule has 4 fully saturated rings. The van der Waals surface area contributed by atoms with Gasteiger partial charge in [0.25, 0.3) is 5.91 Å². The fourth-order valence-corrected chi connectivity index (χ4v) is 8.00. The smallest absolute Gasteiger partial charge is 0.267 e. The van der Waals surface area contributed by atoms with Gasteiger partial charge in [-0.25, -0.2) is 14.4 Å². The highest BCUT2D eigenvalue weighted by molar-refractivity contribution is 5.99. The largest absolute Gasteiger partial charge is 0.507 e. The van der Waals surface area contributed by atoms with Crippen LogP contribution in [0.5, 0.6) is 11.5 Å².